The molecule has 0 aromatic heterocycles. The molecule has 0 bridgehead atoms. The smallest absolute Gasteiger partial charge is 0.147 e. The van der Waals surface area contributed by atoms with Crippen molar-refractivity contribution in [2.75, 3.05) is 11.9 Å². The Hall–Kier alpha value is -1.56. The number of hydrogen-bond acceptors (Lipinski definition) is 2. The Morgan fingerprint density at radius 3 is 2.71 bits per heavy atom. The number of rotatable bonds is 3. The lowest BCUT2D eigenvalue weighted by molar-refractivity contribution is 0.623. The normalized spacial score (nSPS) is 9.93. The first-order valence-corrected chi connectivity index (χ1v) is 4.57. The second-order valence-electron chi connectivity index (χ2n) is 3.58. The van der Waals surface area contributed by atoms with Gasteiger partial charge in [0, 0.05) is 6.54 Å². The standard InChI is InChI=1S/C11H13FN2/c1-8(2)7-14-11-4-3-9(6-13)5-10(11)12/h3-5,8,14H,7H2,1-2H3. The van der Waals surface area contributed by atoms with E-state index in [9.17, 15) is 4.39 Å². The summed E-state index contributed by atoms with van der Waals surface area (Å²) in [5.41, 5.74) is 0.801. The Morgan fingerprint density at radius 2 is 2.21 bits per heavy atom. The molecule has 0 spiro atoms. The van der Waals surface area contributed by atoms with Gasteiger partial charge in [-0.05, 0) is 24.1 Å². The summed E-state index contributed by atoms with van der Waals surface area (Å²) in [6, 6.07) is 6.33. The highest BCUT2D eigenvalue weighted by Crippen LogP contribution is 2.15. The second-order valence-corrected chi connectivity index (χ2v) is 3.58. The van der Waals surface area contributed by atoms with Gasteiger partial charge in [-0.1, -0.05) is 13.8 Å². The molecule has 1 rings (SSSR count). The molecule has 14 heavy (non-hydrogen) atoms. The highest BCUT2D eigenvalue weighted by Gasteiger charge is 2.03. The van der Waals surface area contributed by atoms with Crippen LogP contribution >= 0.6 is 0 Å². The molecule has 0 atom stereocenters. The van der Waals surface area contributed by atoms with Crippen molar-refractivity contribution < 1.29 is 4.39 Å². The van der Waals surface area contributed by atoms with E-state index in [1.807, 2.05) is 6.07 Å². The minimum atomic E-state index is -0.371. The summed E-state index contributed by atoms with van der Waals surface area (Å²) in [5, 5.41) is 11.5. The van der Waals surface area contributed by atoms with Crippen LogP contribution < -0.4 is 5.32 Å². The lowest BCUT2D eigenvalue weighted by Gasteiger charge is -2.09. The van der Waals surface area contributed by atoms with Gasteiger partial charge in [-0.3, -0.25) is 0 Å². The molecule has 0 saturated heterocycles. The van der Waals surface area contributed by atoms with Crippen molar-refractivity contribution in [1.29, 1.82) is 5.26 Å². The van der Waals surface area contributed by atoms with Crippen molar-refractivity contribution >= 4 is 5.69 Å². The van der Waals surface area contributed by atoms with Crippen molar-refractivity contribution in [3.8, 4) is 6.07 Å². The molecule has 0 amide bonds. The predicted molar refractivity (Wildman–Crippen MR) is 54.4 cm³/mol. The van der Waals surface area contributed by atoms with Gasteiger partial charge < -0.3 is 5.32 Å². The first-order valence-electron chi connectivity index (χ1n) is 4.57. The van der Waals surface area contributed by atoms with Crippen LogP contribution in [0.1, 0.15) is 19.4 Å². The first kappa shape index (κ1) is 10.5. The topological polar surface area (TPSA) is 35.8 Å². The van der Waals surface area contributed by atoms with Crippen LogP contribution in [0.25, 0.3) is 0 Å². The van der Waals surface area contributed by atoms with Gasteiger partial charge in [-0.2, -0.15) is 5.26 Å². The lowest BCUT2D eigenvalue weighted by Crippen LogP contribution is -2.09. The summed E-state index contributed by atoms with van der Waals surface area (Å²) in [5.74, 6) is 0.0924. The number of hydrogen-bond donors (Lipinski definition) is 1. The Morgan fingerprint density at radius 1 is 1.50 bits per heavy atom. The molecule has 0 radical (unpaired) electrons. The molecule has 0 unspecified atom stereocenters. The van der Waals surface area contributed by atoms with E-state index in [4.69, 9.17) is 5.26 Å². The van der Waals surface area contributed by atoms with Gasteiger partial charge in [-0.25, -0.2) is 4.39 Å². The zero-order chi connectivity index (χ0) is 10.6. The van der Waals surface area contributed by atoms with Crippen molar-refractivity contribution in [3.05, 3.63) is 29.6 Å². The van der Waals surface area contributed by atoms with Crippen LogP contribution in [-0.4, -0.2) is 6.54 Å². The fourth-order valence-electron chi connectivity index (χ4n) is 1.04. The maximum absolute atomic E-state index is 13.3. The van der Waals surface area contributed by atoms with Gasteiger partial charge in [0.15, 0.2) is 0 Å². The van der Waals surface area contributed by atoms with Crippen LogP contribution in [0.3, 0.4) is 0 Å². The molecule has 1 N–H and O–H groups in total. The van der Waals surface area contributed by atoms with Crippen LogP contribution in [0, 0.1) is 23.1 Å². The molecular weight excluding hydrogens is 179 g/mol. The van der Waals surface area contributed by atoms with Crippen molar-refractivity contribution in [3.63, 3.8) is 0 Å². The van der Waals surface area contributed by atoms with Gasteiger partial charge in [0.1, 0.15) is 5.82 Å². The van der Waals surface area contributed by atoms with E-state index >= 15 is 0 Å². The van der Waals surface area contributed by atoms with Gasteiger partial charge >= 0.3 is 0 Å². The van der Waals surface area contributed by atoms with Crippen molar-refractivity contribution in [2.24, 2.45) is 5.92 Å². The Balaban J connectivity index is 2.75. The van der Waals surface area contributed by atoms with Crippen molar-refractivity contribution in [1.82, 2.24) is 0 Å². The molecule has 2 nitrogen and oxygen atoms in total. The molecule has 1 aromatic rings. The number of nitrogens with one attached hydrogen (secondary N) is 1. The van der Waals surface area contributed by atoms with E-state index in [0.717, 1.165) is 6.54 Å². The molecule has 74 valence electrons. The molecular formula is C11H13FN2. The third-order valence-corrected chi connectivity index (χ3v) is 1.80. The molecule has 0 heterocycles. The average Bonchev–Trinajstić information content (AvgIpc) is 2.15. The number of halogens is 1. The monoisotopic (exact) mass is 192 g/mol. The highest BCUT2D eigenvalue weighted by atomic mass is 19.1. The minimum Gasteiger partial charge on any atom is -0.382 e. The zero-order valence-electron chi connectivity index (χ0n) is 8.34. The predicted octanol–water partition coefficient (Wildman–Crippen LogP) is 2.77. The van der Waals surface area contributed by atoms with Crippen LogP contribution in [0.4, 0.5) is 10.1 Å². The van der Waals surface area contributed by atoms with E-state index in [2.05, 4.69) is 19.2 Å². The zero-order valence-corrected chi connectivity index (χ0v) is 8.34. The Kier molecular flexibility index (Phi) is 3.47. The molecule has 0 saturated carbocycles. The van der Waals surface area contributed by atoms with Crippen LogP contribution in [-0.2, 0) is 0 Å². The fraction of sp³-hybridized carbons (Fsp3) is 0.364. The largest absolute Gasteiger partial charge is 0.382 e. The van der Waals surface area contributed by atoms with E-state index < -0.39 is 0 Å². The molecule has 1 aromatic carbocycles. The van der Waals surface area contributed by atoms with E-state index in [0.29, 0.717) is 17.2 Å². The molecule has 0 aliphatic heterocycles. The minimum absolute atomic E-state index is 0.345. The average molecular weight is 192 g/mol. The molecule has 3 heteroatoms. The van der Waals surface area contributed by atoms with Gasteiger partial charge in [0.05, 0.1) is 17.3 Å². The van der Waals surface area contributed by atoms with E-state index in [1.54, 1.807) is 12.1 Å². The second kappa shape index (κ2) is 4.61. The van der Waals surface area contributed by atoms with E-state index in [1.165, 1.54) is 6.07 Å². The summed E-state index contributed by atoms with van der Waals surface area (Å²) < 4.78 is 13.3. The van der Waals surface area contributed by atoms with E-state index in [-0.39, 0.29) is 5.82 Å². The Bertz CT molecular complexity index is 353. The first-order chi connectivity index (χ1) is 6.63. The van der Waals surface area contributed by atoms with Crippen molar-refractivity contribution in [2.45, 2.75) is 13.8 Å². The van der Waals surface area contributed by atoms with Crippen LogP contribution in [0.5, 0.6) is 0 Å². The maximum Gasteiger partial charge on any atom is 0.147 e. The summed E-state index contributed by atoms with van der Waals surface area (Å²) in [6.45, 7) is 4.83. The SMILES string of the molecule is CC(C)CNc1ccc(C#N)cc1F. The number of nitrogens with zero attached hydrogens (tertiary/aromatic N) is 1. The molecule has 0 aliphatic rings. The molecule has 0 fully saturated rings. The van der Waals surface area contributed by atoms with Gasteiger partial charge in [0.25, 0.3) is 0 Å². The van der Waals surface area contributed by atoms with Gasteiger partial charge in [0.2, 0.25) is 0 Å². The number of nitriles is 1. The summed E-state index contributed by atoms with van der Waals surface area (Å²) >= 11 is 0. The highest BCUT2D eigenvalue weighted by molar-refractivity contribution is 5.48. The quantitative estimate of drug-likeness (QED) is 0.799. The number of benzene rings is 1. The molecule has 0 aliphatic carbocycles. The summed E-state index contributed by atoms with van der Waals surface area (Å²) in [7, 11) is 0. The number of anilines is 1. The van der Waals surface area contributed by atoms with Crippen LogP contribution in [0.15, 0.2) is 18.2 Å². The lowest BCUT2D eigenvalue weighted by atomic mass is 10.2. The third kappa shape index (κ3) is 2.74. The maximum atomic E-state index is 13.3. The summed E-state index contributed by atoms with van der Waals surface area (Å²) in [6.07, 6.45) is 0. The summed E-state index contributed by atoms with van der Waals surface area (Å²) in [4.78, 5) is 0. The van der Waals surface area contributed by atoms with Gasteiger partial charge in [-0.15, -0.1) is 0 Å². The fourth-order valence-corrected chi connectivity index (χ4v) is 1.04. The van der Waals surface area contributed by atoms with Crippen LogP contribution in [0.2, 0.25) is 0 Å². The Labute approximate surface area is 83.4 Å². The third-order valence-electron chi connectivity index (χ3n) is 1.80.